The van der Waals surface area contributed by atoms with E-state index in [1.807, 2.05) is 61.8 Å². The van der Waals surface area contributed by atoms with Crippen molar-refractivity contribution in [1.29, 1.82) is 0 Å². The van der Waals surface area contributed by atoms with Crippen LogP contribution in [0, 0.1) is 6.92 Å². The van der Waals surface area contributed by atoms with E-state index >= 15 is 0 Å². The van der Waals surface area contributed by atoms with Crippen LogP contribution in [-0.2, 0) is 7.05 Å². The summed E-state index contributed by atoms with van der Waals surface area (Å²) in [6.45, 7) is 2.07. The van der Waals surface area contributed by atoms with Gasteiger partial charge in [0.2, 0.25) is 0 Å². The van der Waals surface area contributed by atoms with Crippen LogP contribution in [0.4, 0.5) is 5.69 Å². The zero-order chi connectivity index (χ0) is 16.9. The van der Waals surface area contributed by atoms with Gasteiger partial charge in [-0.2, -0.15) is 0 Å². The highest BCUT2D eigenvalue weighted by atomic mass is 16.5. The van der Waals surface area contributed by atoms with Crippen molar-refractivity contribution < 1.29 is 9.47 Å². The Hall–Kier alpha value is -3.01. The monoisotopic (exact) mass is 320 g/mol. The van der Waals surface area contributed by atoms with E-state index in [1.165, 1.54) is 5.69 Å². The van der Waals surface area contributed by atoms with Crippen molar-refractivity contribution in [2.75, 3.05) is 7.11 Å². The third-order valence-electron chi connectivity index (χ3n) is 3.89. The van der Waals surface area contributed by atoms with Gasteiger partial charge in [0.25, 0.3) is 0 Å². The number of ether oxygens (including phenoxy) is 2. The van der Waals surface area contributed by atoms with Crippen molar-refractivity contribution in [3.8, 4) is 17.2 Å². The molecule has 0 saturated carbocycles. The fourth-order valence-electron chi connectivity index (χ4n) is 2.28. The van der Waals surface area contributed by atoms with Crippen molar-refractivity contribution in [3.63, 3.8) is 0 Å². The molecule has 3 rings (SSSR count). The van der Waals surface area contributed by atoms with Gasteiger partial charge in [0.15, 0.2) is 0 Å². The fraction of sp³-hybridized carbons (Fsp3) is 0.150. The molecule has 3 aromatic rings. The number of benzene rings is 2. The minimum atomic E-state index is 0.770. The SMILES string of the molecule is COc1ccc(Oc2ccc(N=Cc3ccc(C)n3C)cc2)cc1. The number of rotatable bonds is 5. The lowest BCUT2D eigenvalue weighted by atomic mass is 10.3. The molecule has 0 aliphatic rings. The Morgan fingerprint density at radius 1 is 0.833 bits per heavy atom. The Labute approximate surface area is 142 Å². The first kappa shape index (κ1) is 15.9. The summed E-state index contributed by atoms with van der Waals surface area (Å²) in [5.41, 5.74) is 3.17. The summed E-state index contributed by atoms with van der Waals surface area (Å²) in [6, 6.07) is 19.3. The van der Waals surface area contributed by atoms with Crippen LogP contribution in [0.1, 0.15) is 11.4 Å². The van der Waals surface area contributed by atoms with Gasteiger partial charge in [-0.05, 0) is 67.6 Å². The number of nitrogens with zero attached hydrogens (tertiary/aromatic N) is 2. The maximum Gasteiger partial charge on any atom is 0.127 e. The van der Waals surface area contributed by atoms with Crippen molar-refractivity contribution in [1.82, 2.24) is 4.57 Å². The quantitative estimate of drug-likeness (QED) is 0.628. The average Bonchev–Trinajstić information content (AvgIpc) is 2.94. The lowest BCUT2D eigenvalue weighted by molar-refractivity contribution is 0.413. The molecule has 0 spiro atoms. The molecule has 1 aromatic heterocycles. The number of aryl methyl sites for hydroxylation is 1. The predicted molar refractivity (Wildman–Crippen MR) is 96.9 cm³/mol. The van der Waals surface area contributed by atoms with Crippen LogP contribution in [0.25, 0.3) is 0 Å². The van der Waals surface area contributed by atoms with Gasteiger partial charge < -0.3 is 14.0 Å². The van der Waals surface area contributed by atoms with E-state index in [0.29, 0.717) is 0 Å². The van der Waals surface area contributed by atoms with Crippen LogP contribution in [0.3, 0.4) is 0 Å². The van der Waals surface area contributed by atoms with Crippen LogP contribution in [0.2, 0.25) is 0 Å². The zero-order valence-electron chi connectivity index (χ0n) is 14.1. The highest BCUT2D eigenvalue weighted by molar-refractivity contribution is 5.80. The summed E-state index contributed by atoms with van der Waals surface area (Å²) in [4.78, 5) is 4.50. The third kappa shape index (κ3) is 3.66. The van der Waals surface area contributed by atoms with Crippen molar-refractivity contribution in [2.24, 2.45) is 12.0 Å². The molecule has 122 valence electrons. The van der Waals surface area contributed by atoms with Crippen LogP contribution in [0.15, 0.2) is 65.7 Å². The second-order valence-electron chi connectivity index (χ2n) is 5.49. The first-order valence-corrected chi connectivity index (χ1v) is 7.74. The van der Waals surface area contributed by atoms with Crippen molar-refractivity contribution in [2.45, 2.75) is 6.92 Å². The zero-order valence-corrected chi connectivity index (χ0v) is 14.1. The minimum absolute atomic E-state index is 0.770. The van der Waals surface area contributed by atoms with E-state index in [9.17, 15) is 0 Å². The molecule has 2 aromatic carbocycles. The van der Waals surface area contributed by atoms with Gasteiger partial charge in [-0.1, -0.05) is 0 Å². The number of hydrogen-bond donors (Lipinski definition) is 0. The van der Waals surface area contributed by atoms with Gasteiger partial charge in [0.1, 0.15) is 17.2 Å². The molecular weight excluding hydrogens is 300 g/mol. The molecule has 0 bridgehead atoms. The Kier molecular flexibility index (Phi) is 4.66. The normalized spacial score (nSPS) is 11.0. The summed E-state index contributed by atoms with van der Waals surface area (Å²) in [6.07, 6.45) is 1.87. The van der Waals surface area contributed by atoms with Crippen LogP contribution < -0.4 is 9.47 Å². The van der Waals surface area contributed by atoms with Gasteiger partial charge in [-0.15, -0.1) is 0 Å². The van der Waals surface area contributed by atoms with Crippen LogP contribution >= 0.6 is 0 Å². The smallest absolute Gasteiger partial charge is 0.127 e. The molecule has 0 aliphatic heterocycles. The first-order valence-electron chi connectivity index (χ1n) is 7.74. The van der Waals surface area contributed by atoms with E-state index in [4.69, 9.17) is 9.47 Å². The Bertz CT molecular complexity index is 831. The highest BCUT2D eigenvalue weighted by Gasteiger charge is 2.00. The third-order valence-corrected chi connectivity index (χ3v) is 3.89. The largest absolute Gasteiger partial charge is 0.497 e. The molecular formula is C20H20N2O2. The number of hydrogen-bond acceptors (Lipinski definition) is 3. The molecule has 24 heavy (non-hydrogen) atoms. The van der Waals surface area contributed by atoms with E-state index in [-0.39, 0.29) is 0 Å². The van der Waals surface area contributed by atoms with Gasteiger partial charge in [0, 0.05) is 12.7 Å². The number of aromatic nitrogens is 1. The van der Waals surface area contributed by atoms with E-state index < -0.39 is 0 Å². The molecule has 0 unspecified atom stereocenters. The Morgan fingerprint density at radius 3 is 1.96 bits per heavy atom. The van der Waals surface area contributed by atoms with Crippen molar-refractivity contribution in [3.05, 3.63) is 72.1 Å². The number of methoxy groups -OCH3 is 1. The second-order valence-corrected chi connectivity index (χ2v) is 5.49. The molecule has 0 radical (unpaired) electrons. The van der Waals surface area contributed by atoms with Crippen LogP contribution in [-0.4, -0.2) is 17.9 Å². The lowest BCUT2D eigenvalue weighted by Gasteiger charge is -2.06. The average molecular weight is 320 g/mol. The molecule has 1 heterocycles. The lowest BCUT2D eigenvalue weighted by Crippen LogP contribution is -1.96. The van der Waals surface area contributed by atoms with E-state index in [1.54, 1.807) is 7.11 Å². The predicted octanol–water partition coefficient (Wildman–Crippen LogP) is 4.89. The summed E-state index contributed by atoms with van der Waals surface area (Å²) in [5, 5.41) is 0. The molecule has 0 atom stereocenters. The Morgan fingerprint density at radius 2 is 1.42 bits per heavy atom. The standard InChI is InChI=1S/C20H20N2O2/c1-15-4-7-17(22(15)2)14-21-16-5-8-19(9-6-16)24-20-12-10-18(23-3)11-13-20/h4-14H,1-3H3. The molecule has 4 nitrogen and oxygen atoms in total. The molecule has 0 amide bonds. The minimum Gasteiger partial charge on any atom is -0.497 e. The summed E-state index contributed by atoms with van der Waals surface area (Å²) < 4.78 is 13.0. The molecule has 4 heteroatoms. The fourth-order valence-corrected chi connectivity index (χ4v) is 2.28. The molecule has 0 fully saturated rings. The summed E-state index contributed by atoms with van der Waals surface area (Å²) in [7, 11) is 3.67. The maximum absolute atomic E-state index is 5.81. The van der Waals surface area contributed by atoms with Gasteiger partial charge in [-0.3, -0.25) is 4.99 Å². The van der Waals surface area contributed by atoms with Gasteiger partial charge in [0.05, 0.1) is 24.7 Å². The number of aliphatic imine (C=N–C) groups is 1. The van der Waals surface area contributed by atoms with Crippen LogP contribution in [0.5, 0.6) is 17.2 Å². The van der Waals surface area contributed by atoms with Gasteiger partial charge in [-0.25, -0.2) is 0 Å². The molecule has 0 aliphatic carbocycles. The maximum atomic E-state index is 5.81. The first-order chi connectivity index (χ1) is 11.7. The summed E-state index contributed by atoms with van der Waals surface area (Å²) >= 11 is 0. The highest BCUT2D eigenvalue weighted by Crippen LogP contribution is 2.25. The Balaban J connectivity index is 1.67. The second kappa shape index (κ2) is 7.04. The van der Waals surface area contributed by atoms with E-state index in [2.05, 4.69) is 28.6 Å². The topological polar surface area (TPSA) is 35.8 Å². The van der Waals surface area contributed by atoms with Crippen molar-refractivity contribution >= 4 is 11.9 Å². The molecule has 0 saturated heterocycles. The molecule has 0 N–H and O–H groups in total. The summed E-state index contributed by atoms with van der Waals surface area (Å²) in [5.74, 6) is 2.35. The van der Waals surface area contributed by atoms with E-state index in [0.717, 1.165) is 28.6 Å². The van der Waals surface area contributed by atoms with Gasteiger partial charge >= 0.3 is 0 Å².